The van der Waals surface area contributed by atoms with Crippen molar-refractivity contribution in [1.82, 2.24) is 35.6 Å². The highest BCUT2D eigenvalue weighted by molar-refractivity contribution is 5.91. The summed E-state index contributed by atoms with van der Waals surface area (Å²) in [5.41, 5.74) is 2.18. The molecule has 2 aromatic heterocycles. The van der Waals surface area contributed by atoms with Crippen molar-refractivity contribution < 1.29 is 27.5 Å². The van der Waals surface area contributed by atoms with Crippen LogP contribution in [0.15, 0.2) is 24.4 Å². The third-order valence-corrected chi connectivity index (χ3v) is 4.40. The van der Waals surface area contributed by atoms with Crippen molar-refractivity contribution in [3.05, 3.63) is 41.5 Å². The summed E-state index contributed by atoms with van der Waals surface area (Å²) in [5.74, 6) is -0.572. The lowest BCUT2D eigenvalue weighted by Crippen LogP contribution is -2.24. The number of methoxy groups -OCH3 is 1. The number of aromatic amines is 1. The van der Waals surface area contributed by atoms with Crippen LogP contribution in [-0.4, -0.2) is 56.7 Å². The molecule has 3 rings (SSSR count). The summed E-state index contributed by atoms with van der Waals surface area (Å²) >= 11 is 0. The minimum atomic E-state index is -4.36. The van der Waals surface area contributed by atoms with Gasteiger partial charge in [-0.3, -0.25) is 9.59 Å². The van der Waals surface area contributed by atoms with E-state index >= 15 is 0 Å². The molecule has 0 bridgehead atoms. The van der Waals surface area contributed by atoms with Crippen molar-refractivity contribution in [2.45, 2.75) is 38.7 Å². The summed E-state index contributed by atoms with van der Waals surface area (Å²) in [6.07, 6.45) is -4.77. The molecule has 0 saturated carbocycles. The number of carbonyl (C=O) groups excluding carboxylic acids is 2. The van der Waals surface area contributed by atoms with Crippen molar-refractivity contribution in [1.29, 1.82) is 0 Å². The second-order valence-corrected chi connectivity index (χ2v) is 6.93. The molecule has 0 fully saturated rings. The van der Waals surface area contributed by atoms with Gasteiger partial charge in [0.25, 0.3) is 5.91 Å². The van der Waals surface area contributed by atoms with Gasteiger partial charge in [0, 0.05) is 20.1 Å². The SMILES string of the molecule is COCCn1ncc(C(=O)NCc2nc3ccc(CNC(=O)CCC(F)(F)F)cc3[nH]2)n1. The Balaban J connectivity index is 1.52. The van der Waals surface area contributed by atoms with Gasteiger partial charge in [0.1, 0.15) is 5.82 Å². The van der Waals surface area contributed by atoms with E-state index in [1.54, 1.807) is 25.3 Å². The van der Waals surface area contributed by atoms with Crippen molar-refractivity contribution in [2.24, 2.45) is 0 Å². The van der Waals surface area contributed by atoms with Gasteiger partial charge < -0.3 is 20.4 Å². The number of amides is 2. The van der Waals surface area contributed by atoms with E-state index in [0.29, 0.717) is 35.6 Å². The highest BCUT2D eigenvalue weighted by Crippen LogP contribution is 2.21. The monoisotopic (exact) mass is 453 g/mol. The Morgan fingerprint density at radius 1 is 1.22 bits per heavy atom. The van der Waals surface area contributed by atoms with Crippen LogP contribution in [0.3, 0.4) is 0 Å². The molecule has 0 saturated heterocycles. The lowest BCUT2D eigenvalue weighted by Gasteiger charge is -2.07. The van der Waals surface area contributed by atoms with Crippen LogP contribution >= 0.6 is 0 Å². The van der Waals surface area contributed by atoms with Gasteiger partial charge in [-0.25, -0.2) is 4.98 Å². The minimum absolute atomic E-state index is 0.0937. The van der Waals surface area contributed by atoms with E-state index in [4.69, 9.17) is 4.74 Å². The van der Waals surface area contributed by atoms with Gasteiger partial charge in [-0.05, 0) is 17.7 Å². The highest BCUT2D eigenvalue weighted by atomic mass is 19.4. The molecule has 2 heterocycles. The number of alkyl halides is 3. The number of H-pyrrole nitrogens is 1. The van der Waals surface area contributed by atoms with E-state index in [9.17, 15) is 22.8 Å². The van der Waals surface area contributed by atoms with E-state index in [2.05, 4.69) is 30.8 Å². The van der Waals surface area contributed by atoms with Gasteiger partial charge in [0.2, 0.25) is 5.91 Å². The van der Waals surface area contributed by atoms with E-state index in [-0.39, 0.29) is 18.8 Å². The molecule has 0 atom stereocenters. The maximum absolute atomic E-state index is 12.2. The molecule has 1 aromatic carbocycles. The number of ether oxygens (including phenoxy) is 1. The molecular formula is C19H22F3N7O3. The topological polar surface area (TPSA) is 127 Å². The number of carbonyl (C=O) groups is 2. The molecule has 0 spiro atoms. The number of hydrogen-bond acceptors (Lipinski definition) is 6. The van der Waals surface area contributed by atoms with Crippen molar-refractivity contribution in [3.63, 3.8) is 0 Å². The molecule has 0 aliphatic carbocycles. The predicted molar refractivity (Wildman–Crippen MR) is 106 cm³/mol. The molecule has 3 aromatic rings. The van der Waals surface area contributed by atoms with Crippen LogP contribution in [-0.2, 0) is 29.2 Å². The molecular weight excluding hydrogens is 431 g/mol. The van der Waals surface area contributed by atoms with Crippen LogP contribution in [0.2, 0.25) is 0 Å². The second kappa shape index (κ2) is 10.2. The molecule has 0 aliphatic heterocycles. The molecule has 0 aliphatic rings. The summed E-state index contributed by atoms with van der Waals surface area (Å²) in [7, 11) is 1.56. The number of nitrogens with one attached hydrogen (secondary N) is 3. The smallest absolute Gasteiger partial charge is 0.383 e. The third kappa shape index (κ3) is 6.77. The van der Waals surface area contributed by atoms with Gasteiger partial charge in [0.05, 0.1) is 43.3 Å². The molecule has 13 heteroatoms. The summed E-state index contributed by atoms with van der Waals surface area (Å²) in [5, 5.41) is 13.2. The highest BCUT2D eigenvalue weighted by Gasteiger charge is 2.27. The van der Waals surface area contributed by atoms with Crippen LogP contribution in [0.25, 0.3) is 11.0 Å². The number of nitrogens with zero attached hydrogens (tertiary/aromatic N) is 4. The number of hydrogen-bond donors (Lipinski definition) is 3. The first-order chi connectivity index (χ1) is 15.2. The Labute approximate surface area is 180 Å². The molecule has 0 unspecified atom stereocenters. The van der Waals surface area contributed by atoms with E-state index < -0.39 is 30.8 Å². The zero-order valence-corrected chi connectivity index (χ0v) is 17.2. The normalized spacial score (nSPS) is 11.6. The summed E-state index contributed by atoms with van der Waals surface area (Å²) in [6, 6.07) is 5.17. The van der Waals surface area contributed by atoms with Crippen molar-refractivity contribution in [3.8, 4) is 0 Å². The Bertz CT molecular complexity index is 1080. The predicted octanol–water partition coefficient (Wildman–Crippen LogP) is 1.69. The third-order valence-electron chi connectivity index (χ3n) is 4.40. The summed E-state index contributed by atoms with van der Waals surface area (Å²) < 4.78 is 41.5. The maximum atomic E-state index is 12.2. The number of fused-ring (bicyclic) bond motifs is 1. The van der Waals surface area contributed by atoms with Crippen LogP contribution in [0.5, 0.6) is 0 Å². The van der Waals surface area contributed by atoms with E-state index in [1.165, 1.54) is 11.0 Å². The Morgan fingerprint density at radius 3 is 2.78 bits per heavy atom. The fraction of sp³-hybridized carbons (Fsp3) is 0.421. The first-order valence-electron chi connectivity index (χ1n) is 9.72. The largest absolute Gasteiger partial charge is 0.389 e. The van der Waals surface area contributed by atoms with Crippen LogP contribution in [0, 0.1) is 0 Å². The number of rotatable bonds is 10. The van der Waals surface area contributed by atoms with Gasteiger partial charge in [-0.1, -0.05) is 6.07 Å². The number of benzene rings is 1. The van der Waals surface area contributed by atoms with Gasteiger partial charge >= 0.3 is 6.18 Å². The molecule has 2 amide bonds. The average Bonchev–Trinajstić information content (AvgIpc) is 3.39. The maximum Gasteiger partial charge on any atom is 0.389 e. The summed E-state index contributed by atoms with van der Waals surface area (Å²) in [6.45, 7) is 1.07. The van der Waals surface area contributed by atoms with Gasteiger partial charge in [-0.15, -0.1) is 5.10 Å². The first-order valence-corrected chi connectivity index (χ1v) is 9.72. The fourth-order valence-corrected chi connectivity index (χ4v) is 2.78. The molecule has 32 heavy (non-hydrogen) atoms. The zero-order valence-electron chi connectivity index (χ0n) is 17.2. The van der Waals surface area contributed by atoms with E-state index in [1.807, 2.05) is 0 Å². The van der Waals surface area contributed by atoms with Crippen molar-refractivity contribution >= 4 is 22.8 Å². The standard InChI is InChI=1S/C19H22F3N7O3/c1-32-7-6-29-25-10-15(28-29)18(31)24-11-16-26-13-3-2-12(8-14(13)27-16)9-23-17(30)4-5-19(20,21)22/h2-3,8,10H,4-7,9,11H2,1H3,(H,23,30)(H,24,31)(H,26,27). The Kier molecular flexibility index (Phi) is 7.41. The molecule has 0 radical (unpaired) electrons. The average molecular weight is 453 g/mol. The minimum Gasteiger partial charge on any atom is -0.383 e. The lowest BCUT2D eigenvalue weighted by molar-refractivity contribution is -0.144. The summed E-state index contributed by atoms with van der Waals surface area (Å²) in [4.78, 5) is 32.6. The number of aromatic nitrogens is 5. The number of halogens is 3. The zero-order chi connectivity index (χ0) is 23.1. The van der Waals surface area contributed by atoms with Crippen molar-refractivity contribution in [2.75, 3.05) is 13.7 Å². The van der Waals surface area contributed by atoms with Crippen LogP contribution in [0.4, 0.5) is 13.2 Å². The fourth-order valence-electron chi connectivity index (χ4n) is 2.78. The van der Waals surface area contributed by atoms with Crippen LogP contribution in [0.1, 0.15) is 34.7 Å². The van der Waals surface area contributed by atoms with Gasteiger partial charge in [0.15, 0.2) is 5.69 Å². The molecule has 172 valence electrons. The Hall–Kier alpha value is -3.48. The molecule has 3 N–H and O–H groups in total. The lowest BCUT2D eigenvalue weighted by atomic mass is 10.2. The van der Waals surface area contributed by atoms with Crippen LogP contribution < -0.4 is 10.6 Å². The molecule has 10 nitrogen and oxygen atoms in total. The quantitative estimate of drug-likeness (QED) is 0.429. The Morgan fingerprint density at radius 2 is 2.03 bits per heavy atom. The first kappa shape index (κ1) is 23.2. The van der Waals surface area contributed by atoms with E-state index in [0.717, 1.165) is 0 Å². The number of imidazole rings is 1. The second-order valence-electron chi connectivity index (χ2n) is 6.93. The van der Waals surface area contributed by atoms with Gasteiger partial charge in [-0.2, -0.15) is 23.1 Å².